The van der Waals surface area contributed by atoms with E-state index in [0.29, 0.717) is 23.4 Å². The Morgan fingerprint density at radius 3 is 2.88 bits per heavy atom. The topological polar surface area (TPSA) is 85.7 Å². The fourth-order valence-electron chi connectivity index (χ4n) is 2.92. The van der Waals surface area contributed by atoms with E-state index >= 15 is 0 Å². The molecule has 1 atom stereocenters. The molecule has 0 aliphatic carbocycles. The molecule has 1 fully saturated rings. The van der Waals surface area contributed by atoms with Gasteiger partial charge in [0.2, 0.25) is 5.95 Å². The monoisotopic (exact) mass is 324 g/mol. The minimum Gasteiger partial charge on any atom is -0.369 e. The number of hydrogen-bond donors (Lipinski definition) is 4. The molecule has 0 radical (unpaired) electrons. The lowest BCUT2D eigenvalue weighted by molar-refractivity contribution is 0.392. The minimum absolute atomic E-state index is 0.433. The van der Waals surface area contributed by atoms with Crippen LogP contribution in [0.15, 0.2) is 36.5 Å². The van der Waals surface area contributed by atoms with Crippen molar-refractivity contribution in [3.05, 3.63) is 47.7 Å². The van der Waals surface area contributed by atoms with E-state index in [2.05, 4.69) is 25.9 Å². The number of nitrogens with one attached hydrogen (secondary N) is 4. The van der Waals surface area contributed by atoms with Gasteiger partial charge in [0.05, 0.1) is 11.3 Å². The first kappa shape index (κ1) is 16.4. The van der Waals surface area contributed by atoms with Gasteiger partial charge in [0.1, 0.15) is 5.82 Å². The highest BCUT2D eigenvalue weighted by Crippen LogP contribution is 2.19. The van der Waals surface area contributed by atoms with Crippen molar-refractivity contribution in [3.63, 3.8) is 0 Å². The molecule has 6 nitrogen and oxygen atoms in total. The number of nitrogens with zero attached hydrogens (tertiary/aromatic N) is 2. The Morgan fingerprint density at radius 2 is 2.17 bits per heavy atom. The highest BCUT2D eigenvalue weighted by molar-refractivity contribution is 6.13. The summed E-state index contributed by atoms with van der Waals surface area (Å²) in [5.41, 5.74) is 2.02. The van der Waals surface area contributed by atoms with Gasteiger partial charge in [0.15, 0.2) is 0 Å². The zero-order chi connectivity index (χ0) is 16.8. The third-order valence-electron chi connectivity index (χ3n) is 4.30. The van der Waals surface area contributed by atoms with Gasteiger partial charge in [-0.3, -0.25) is 5.41 Å². The maximum absolute atomic E-state index is 8.51. The second kappa shape index (κ2) is 7.88. The van der Waals surface area contributed by atoms with E-state index in [-0.39, 0.29) is 0 Å². The van der Waals surface area contributed by atoms with Crippen molar-refractivity contribution in [2.24, 2.45) is 5.92 Å². The Hall–Kier alpha value is -2.47. The van der Waals surface area contributed by atoms with Gasteiger partial charge in [-0.15, -0.1) is 0 Å². The average Bonchev–Trinajstić information content (AvgIpc) is 2.67. The lowest BCUT2D eigenvalue weighted by atomic mass is 9.99. The summed E-state index contributed by atoms with van der Waals surface area (Å²) in [4.78, 5) is 8.81. The van der Waals surface area contributed by atoms with Crippen LogP contribution >= 0.6 is 0 Å². The van der Waals surface area contributed by atoms with Crippen molar-refractivity contribution in [3.8, 4) is 0 Å². The van der Waals surface area contributed by atoms with Crippen molar-refractivity contribution < 1.29 is 0 Å². The molecule has 6 heteroatoms. The number of piperidine rings is 1. The number of benzene rings is 1. The summed E-state index contributed by atoms with van der Waals surface area (Å²) < 4.78 is 0. The molecule has 1 aromatic carbocycles. The van der Waals surface area contributed by atoms with Crippen molar-refractivity contribution in [1.29, 1.82) is 5.41 Å². The van der Waals surface area contributed by atoms with Crippen molar-refractivity contribution in [2.45, 2.75) is 12.8 Å². The third-order valence-corrected chi connectivity index (χ3v) is 4.30. The van der Waals surface area contributed by atoms with Gasteiger partial charge in [0, 0.05) is 25.4 Å². The molecule has 0 bridgehead atoms. The van der Waals surface area contributed by atoms with E-state index in [0.717, 1.165) is 30.8 Å². The first-order valence-electron chi connectivity index (χ1n) is 8.41. The number of rotatable bonds is 6. The molecule has 1 aromatic heterocycles. The van der Waals surface area contributed by atoms with E-state index < -0.39 is 0 Å². The smallest absolute Gasteiger partial charge is 0.224 e. The minimum atomic E-state index is 0.433. The number of anilines is 2. The fourth-order valence-corrected chi connectivity index (χ4v) is 2.92. The van der Waals surface area contributed by atoms with Crippen LogP contribution in [0.1, 0.15) is 24.0 Å². The van der Waals surface area contributed by atoms with Crippen LogP contribution in [-0.4, -0.2) is 42.4 Å². The predicted molar refractivity (Wildman–Crippen MR) is 98.0 cm³/mol. The largest absolute Gasteiger partial charge is 0.369 e. The van der Waals surface area contributed by atoms with Gasteiger partial charge < -0.3 is 16.0 Å². The molecule has 3 rings (SSSR count). The van der Waals surface area contributed by atoms with Gasteiger partial charge >= 0.3 is 0 Å². The Kier molecular flexibility index (Phi) is 5.38. The first-order chi connectivity index (χ1) is 11.8. The third kappa shape index (κ3) is 3.89. The summed E-state index contributed by atoms with van der Waals surface area (Å²) in [6.07, 6.45) is 4.15. The summed E-state index contributed by atoms with van der Waals surface area (Å²) >= 11 is 0. The Bertz CT molecular complexity index is 679. The quantitative estimate of drug-likeness (QED) is 0.613. The fraction of sp³-hybridized carbons (Fsp3) is 0.389. The van der Waals surface area contributed by atoms with E-state index in [1.165, 1.54) is 12.8 Å². The average molecular weight is 324 g/mol. The first-order valence-corrected chi connectivity index (χ1v) is 8.41. The molecule has 24 heavy (non-hydrogen) atoms. The van der Waals surface area contributed by atoms with Crippen LogP contribution in [0.5, 0.6) is 0 Å². The molecule has 0 amide bonds. The van der Waals surface area contributed by atoms with Gasteiger partial charge in [-0.2, -0.15) is 4.98 Å². The molecule has 1 unspecified atom stereocenters. The lowest BCUT2D eigenvalue weighted by Gasteiger charge is -2.23. The van der Waals surface area contributed by atoms with Crippen molar-refractivity contribution in [2.75, 3.05) is 37.3 Å². The highest BCUT2D eigenvalue weighted by atomic mass is 15.1. The molecule has 2 aromatic rings. The lowest BCUT2D eigenvalue weighted by Crippen LogP contribution is -2.33. The van der Waals surface area contributed by atoms with Crippen molar-refractivity contribution >= 4 is 17.5 Å². The van der Waals surface area contributed by atoms with Crippen LogP contribution in [0, 0.1) is 11.3 Å². The number of hydrogen-bond acceptors (Lipinski definition) is 6. The van der Waals surface area contributed by atoms with Gasteiger partial charge in [-0.1, -0.05) is 30.3 Å². The zero-order valence-electron chi connectivity index (χ0n) is 14.0. The van der Waals surface area contributed by atoms with Crippen LogP contribution in [0.4, 0.5) is 11.8 Å². The van der Waals surface area contributed by atoms with E-state index in [9.17, 15) is 0 Å². The van der Waals surface area contributed by atoms with Crippen LogP contribution < -0.4 is 16.0 Å². The van der Waals surface area contributed by atoms with Crippen LogP contribution in [0.2, 0.25) is 0 Å². The SMILES string of the molecule is CNc1ncc(C(=N)c2ccccc2)c(NCC2CCCNC2)n1. The summed E-state index contributed by atoms with van der Waals surface area (Å²) in [6, 6.07) is 9.69. The number of aromatic nitrogens is 2. The summed E-state index contributed by atoms with van der Waals surface area (Å²) in [6.45, 7) is 2.99. The van der Waals surface area contributed by atoms with Crippen LogP contribution in [-0.2, 0) is 0 Å². The van der Waals surface area contributed by atoms with Gasteiger partial charge in [0.25, 0.3) is 0 Å². The molecule has 1 aliphatic rings. The molecule has 2 heterocycles. The van der Waals surface area contributed by atoms with E-state index in [1.807, 2.05) is 30.3 Å². The second-order valence-electron chi connectivity index (χ2n) is 6.04. The maximum Gasteiger partial charge on any atom is 0.224 e. The molecule has 0 spiro atoms. The molecular formula is C18H24N6. The Labute approximate surface area is 142 Å². The zero-order valence-corrected chi connectivity index (χ0v) is 14.0. The normalized spacial score (nSPS) is 17.3. The molecule has 0 saturated carbocycles. The molecule has 4 N–H and O–H groups in total. The standard InChI is InChI=1S/C18H24N6/c1-20-18-23-12-15(16(19)14-7-3-2-4-8-14)17(24-18)22-11-13-6-5-9-21-10-13/h2-4,7-8,12-13,19,21H,5-6,9-11H2,1H3,(H2,20,22,23,24). The second-order valence-corrected chi connectivity index (χ2v) is 6.04. The Morgan fingerprint density at radius 1 is 1.33 bits per heavy atom. The summed E-state index contributed by atoms with van der Waals surface area (Å²) in [5, 5.41) is 18.3. The van der Waals surface area contributed by atoms with E-state index in [4.69, 9.17) is 5.41 Å². The van der Waals surface area contributed by atoms with Crippen LogP contribution in [0.25, 0.3) is 0 Å². The molecule has 126 valence electrons. The summed E-state index contributed by atoms with van der Waals surface area (Å²) in [5.74, 6) is 1.86. The highest BCUT2D eigenvalue weighted by Gasteiger charge is 2.16. The molecule has 1 saturated heterocycles. The predicted octanol–water partition coefficient (Wildman–Crippen LogP) is 2.35. The molecule has 1 aliphatic heterocycles. The van der Waals surface area contributed by atoms with Crippen LogP contribution in [0.3, 0.4) is 0 Å². The summed E-state index contributed by atoms with van der Waals surface area (Å²) in [7, 11) is 1.80. The maximum atomic E-state index is 8.51. The molecular weight excluding hydrogens is 300 g/mol. The van der Waals surface area contributed by atoms with E-state index in [1.54, 1.807) is 13.2 Å². The van der Waals surface area contributed by atoms with Gasteiger partial charge in [-0.05, 0) is 31.8 Å². The Balaban J connectivity index is 1.81. The van der Waals surface area contributed by atoms with Gasteiger partial charge in [-0.25, -0.2) is 4.98 Å². The van der Waals surface area contributed by atoms with Crippen molar-refractivity contribution in [1.82, 2.24) is 15.3 Å².